The molecule has 2 aromatic carbocycles. The Morgan fingerprint density at radius 1 is 1.11 bits per heavy atom. The van der Waals surface area contributed by atoms with Gasteiger partial charge in [0, 0.05) is 17.0 Å². The third-order valence-electron chi connectivity index (χ3n) is 4.88. The molecule has 3 aromatic rings. The summed E-state index contributed by atoms with van der Waals surface area (Å²) in [5.41, 5.74) is 3.29. The Morgan fingerprint density at radius 2 is 1.81 bits per heavy atom. The fourth-order valence-electron chi connectivity index (χ4n) is 2.84. The summed E-state index contributed by atoms with van der Waals surface area (Å²) in [5, 5.41) is 12.4. The molecule has 1 aromatic heterocycles. The van der Waals surface area contributed by atoms with Crippen molar-refractivity contribution in [1.82, 2.24) is 20.2 Å². The van der Waals surface area contributed by atoms with Gasteiger partial charge in [0.25, 0.3) is 0 Å². The zero-order valence-electron chi connectivity index (χ0n) is 16.0. The van der Waals surface area contributed by atoms with Crippen molar-refractivity contribution < 1.29 is 4.79 Å². The summed E-state index contributed by atoms with van der Waals surface area (Å²) < 4.78 is 1.64. The second kappa shape index (κ2) is 7.61. The number of aryl methyl sites for hydroxylation is 1. The van der Waals surface area contributed by atoms with Crippen molar-refractivity contribution in [3.05, 3.63) is 58.9 Å². The minimum Gasteiger partial charge on any atom is -0.294 e. The van der Waals surface area contributed by atoms with Crippen molar-refractivity contribution >= 4 is 17.4 Å². The number of ketones is 1. The summed E-state index contributed by atoms with van der Waals surface area (Å²) >= 11 is 6.02. The lowest BCUT2D eigenvalue weighted by atomic mass is 9.83. The highest BCUT2D eigenvalue weighted by Crippen LogP contribution is 2.30. The SMILES string of the molecule is CCC(C)(C)CC(=O)c1cc(-c2ccc(Cl)cc2)cc(-n2nnnc2C)c1. The van der Waals surface area contributed by atoms with Crippen LogP contribution in [0.1, 0.15) is 49.8 Å². The van der Waals surface area contributed by atoms with Crippen molar-refractivity contribution in [3.63, 3.8) is 0 Å². The number of rotatable bonds is 6. The second-order valence-corrected chi connectivity index (χ2v) is 7.97. The van der Waals surface area contributed by atoms with Crippen LogP contribution < -0.4 is 0 Å². The van der Waals surface area contributed by atoms with E-state index < -0.39 is 0 Å². The molecule has 5 nitrogen and oxygen atoms in total. The highest BCUT2D eigenvalue weighted by Gasteiger charge is 2.22. The predicted molar refractivity (Wildman–Crippen MR) is 107 cm³/mol. The van der Waals surface area contributed by atoms with Crippen molar-refractivity contribution in [1.29, 1.82) is 0 Å². The van der Waals surface area contributed by atoms with Crippen LogP contribution in [-0.2, 0) is 0 Å². The third kappa shape index (κ3) is 4.42. The number of aromatic nitrogens is 4. The Morgan fingerprint density at radius 3 is 2.41 bits per heavy atom. The summed E-state index contributed by atoms with van der Waals surface area (Å²) in [4.78, 5) is 13.0. The molecule has 3 rings (SSSR count). The van der Waals surface area contributed by atoms with Crippen LogP contribution in [0.3, 0.4) is 0 Å². The van der Waals surface area contributed by atoms with E-state index in [0.29, 0.717) is 22.8 Å². The minimum absolute atomic E-state index is 0.0434. The summed E-state index contributed by atoms with van der Waals surface area (Å²) in [5.74, 6) is 0.778. The lowest BCUT2D eigenvalue weighted by Gasteiger charge is -2.21. The quantitative estimate of drug-likeness (QED) is 0.542. The first-order valence-electron chi connectivity index (χ1n) is 8.99. The van der Waals surface area contributed by atoms with Crippen LogP contribution >= 0.6 is 11.6 Å². The zero-order chi connectivity index (χ0) is 19.6. The zero-order valence-corrected chi connectivity index (χ0v) is 16.8. The van der Waals surface area contributed by atoms with E-state index in [4.69, 9.17) is 11.6 Å². The molecule has 0 bridgehead atoms. The molecule has 27 heavy (non-hydrogen) atoms. The van der Waals surface area contributed by atoms with Crippen LogP contribution in [0.15, 0.2) is 42.5 Å². The van der Waals surface area contributed by atoms with Crippen molar-refractivity contribution in [2.45, 2.75) is 40.5 Å². The number of carbonyl (C=O) groups is 1. The number of halogens is 1. The molecular weight excluding hydrogens is 360 g/mol. The van der Waals surface area contributed by atoms with Crippen molar-refractivity contribution in [2.24, 2.45) is 5.41 Å². The number of hydrogen-bond acceptors (Lipinski definition) is 4. The molecule has 0 aliphatic heterocycles. The molecular formula is C21H23ClN4O. The van der Waals surface area contributed by atoms with E-state index in [0.717, 1.165) is 23.2 Å². The highest BCUT2D eigenvalue weighted by molar-refractivity contribution is 6.30. The normalized spacial score (nSPS) is 11.6. The molecule has 1 heterocycles. The maximum atomic E-state index is 13.0. The molecule has 0 fully saturated rings. The van der Waals surface area contributed by atoms with Gasteiger partial charge >= 0.3 is 0 Å². The lowest BCUT2D eigenvalue weighted by Crippen LogP contribution is -2.16. The molecule has 140 valence electrons. The van der Waals surface area contributed by atoms with Gasteiger partial charge in [-0.15, -0.1) is 5.10 Å². The number of tetrazole rings is 1. The molecule has 0 saturated carbocycles. The number of carbonyl (C=O) groups excluding carboxylic acids is 1. The Hall–Kier alpha value is -2.53. The Balaban J connectivity index is 2.10. The van der Waals surface area contributed by atoms with E-state index in [2.05, 4.69) is 36.3 Å². The standard InChI is InChI=1S/C21H23ClN4O/c1-5-21(3,4)13-20(27)17-10-16(15-6-8-18(22)9-7-15)11-19(12-17)26-14(2)23-24-25-26/h6-12H,5,13H2,1-4H3. The van der Waals surface area contributed by atoms with Gasteiger partial charge in [-0.3, -0.25) is 4.79 Å². The largest absolute Gasteiger partial charge is 0.294 e. The summed E-state index contributed by atoms with van der Waals surface area (Å²) in [7, 11) is 0. The molecule has 0 unspecified atom stereocenters. The molecule has 0 atom stereocenters. The summed E-state index contributed by atoms with van der Waals surface area (Å²) in [6.45, 7) is 8.16. The third-order valence-corrected chi connectivity index (χ3v) is 5.14. The maximum Gasteiger partial charge on any atom is 0.163 e. The van der Waals surface area contributed by atoms with E-state index in [-0.39, 0.29) is 11.2 Å². The van der Waals surface area contributed by atoms with Crippen LogP contribution in [0.2, 0.25) is 5.02 Å². The van der Waals surface area contributed by atoms with Crippen LogP contribution in [0.5, 0.6) is 0 Å². The Labute approximate surface area is 164 Å². The second-order valence-electron chi connectivity index (χ2n) is 7.53. The van der Waals surface area contributed by atoms with E-state index in [9.17, 15) is 4.79 Å². The van der Waals surface area contributed by atoms with E-state index in [1.165, 1.54) is 0 Å². The smallest absolute Gasteiger partial charge is 0.163 e. The van der Waals surface area contributed by atoms with Crippen LogP contribution in [0, 0.1) is 12.3 Å². The number of hydrogen-bond donors (Lipinski definition) is 0. The van der Waals surface area contributed by atoms with Gasteiger partial charge < -0.3 is 0 Å². The van der Waals surface area contributed by atoms with Gasteiger partial charge in [-0.1, -0.05) is 50.9 Å². The lowest BCUT2D eigenvalue weighted by molar-refractivity contribution is 0.0928. The maximum absolute atomic E-state index is 13.0. The van der Waals surface area contributed by atoms with Crippen LogP contribution in [0.4, 0.5) is 0 Å². The summed E-state index contributed by atoms with van der Waals surface area (Å²) in [6.07, 6.45) is 1.43. The average Bonchev–Trinajstić information content (AvgIpc) is 3.07. The molecule has 0 radical (unpaired) electrons. The number of nitrogens with zero attached hydrogens (tertiary/aromatic N) is 4. The van der Waals surface area contributed by atoms with Crippen LogP contribution in [0.25, 0.3) is 16.8 Å². The number of benzene rings is 2. The Kier molecular flexibility index (Phi) is 5.42. The molecule has 0 aliphatic rings. The van der Waals surface area contributed by atoms with Gasteiger partial charge in [-0.05, 0) is 64.2 Å². The van der Waals surface area contributed by atoms with Gasteiger partial charge in [-0.25, -0.2) is 0 Å². The predicted octanol–water partition coefficient (Wildman–Crippen LogP) is 5.30. The highest BCUT2D eigenvalue weighted by atomic mass is 35.5. The monoisotopic (exact) mass is 382 g/mol. The van der Waals surface area contributed by atoms with Gasteiger partial charge in [0.1, 0.15) is 0 Å². The van der Waals surface area contributed by atoms with Crippen molar-refractivity contribution in [2.75, 3.05) is 0 Å². The van der Waals surface area contributed by atoms with E-state index in [1.54, 1.807) is 4.68 Å². The molecule has 0 aliphatic carbocycles. The molecule has 0 saturated heterocycles. The first kappa shape index (κ1) is 19.2. The molecule has 6 heteroatoms. The fraction of sp³-hybridized carbons (Fsp3) is 0.333. The van der Waals surface area contributed by atoms with Gasteiger partial charge in [0.05, 0.1) is 5.69 Å². The first-order valence-corrected chi connectivity index (χ1v) is 9.36. The topological polar surface area (TPSA) is 60.7 Å². The molecule has 0 N–H and O–H groups in total. The van der Waals surface area contributed by atoms with E-state index >= 15 is 0 Å². The molecule has 0 spiro atoms. The minimum atomic E-state index is -0.0434. The molecule has 0 amide bonds. The van der Waals surface area contributed by atoms with Crippen molar-refractivity contribution in [3.8, 4) is 16.8 Å². The number of Topliss-reactive ketones (excluding diaryl/α,β-unsaturated/α-hetero) is 1. The average molecular weight is 383 g/mol. The Bertz CT molecular complexity index is 961. The van der Waals surface area contributed by atoms with Crippen LogP contribution in [-0.4, -0.2) is 26.0 Å². The first-order chi connectivity index (χ1) is 12.8. The van der Waals surface area contributed by atoms with Gasteiger partial charge in [0.2, 0.25) is 0 Å². The van der Waals surface area contributed by atoms with Gasteiger partial charge in [0.15, 0.2) is 11.6 Å². The van der Waals surface area contributed by atoms with E-state index in [1.807, 2.05) is 49.4 Å². The fourth-order valence-corrected chi connectivity index (χ4v) is 2.96. The van der Waals surface area contributed by atoms with Gasteiger partial charge in [-0.2, -0.15) is 4.68 Å². The summed E-state index contributed by atoms with van der Waals surface area (Å²) in [6, 6.07) is 13.3.